The van der Waals surface area contributed by atoms with E-state index in [9.17, 15) is 19.3 Å². The van der Waals surface area contributed by atoms with Crippen LogP contribution in [0.2, 0.25) is 0 Å². The average molecular weight is 387 g/mol. The van der Waals surface area contributed by atoms with Crippen LogP contribution in [0.15, 0.2) is 52.1 Å². The Bertz CT molecular complexity index is 1020. The standard InChI is InChI=1S/C17H14FN5O5/c1-2-27-17(24)20-19-9-11-10-22(13-5-3-12(18)4-6-13)21-16(11)14-7-8-15(28-14)23(25)26/h3-10H,2H2,1H3,(H,20,24). The highest BCUT2D eigenvalue weighted by atomic mass is 19.1. The summed E-state index contributed by atoms with van der Waals surface area (Å²) in [5.74, 6) is -0.720. The number of hydrazone groups is 1. The molecule has 1 N–H and O–H groups in total. The third kappa shape index (κ3) is 4.20. The largest absolute Gasteiger partial charge is 0.449 e. The predicted molar refractivity (Wildman–Crippen MR) is 95.6 cm³/mol. The Morgan fingerprint density at radius 1 is 1.39 bits per heavy atom. The van der Waals surface area contributed by atoms with Crippen molar-refractivity contribution in [3.8, 4) is 17.1 Å². The second-order valence-corrected chi connectivity index (χ2v) is 5.34. The van der Waals surface area contributed by atoms with Crippen LogP contribution in [0.5, 0.6) is 0 Å². The van der Waals surface area contributed by atoms with Gasteiger partial charge < -0.3 is 9.15 Å². The molecule has 0 saturated carbocycles. The molecule has 0 bridgehead atoms. The molecule has 0 spiro atoms. The predicted octanol–water partition coefficient (Wildman–Crippen LogP) is 3.26. The molecular weight excluding hydrogens is 373 g/mol. The van der Waals surface area contributed by atoms with Gasteiger partial charge in [-0.3, -0.25) is 10.1 Å². The molecule has 0 atom stereocenters. The molecule has 0 aliphatic carbocycles. The molecule has 10 nitrogen and oxygen atoms in total. The van der Waals surface area contributed by atoms with Gasteiger partial charge in [-0.05, 0) is 37.3 Å². The highest BCUT2D eigenvalue weighted by molar-refractivity contribution is 5.88. The van der Waals surface area contributed by atoms with Crippen LogP contribution in [0.1, 0.15) is 12.5 Å². The first-order valence-corrected chi connectivity index (χ1v) is 8.04. The number of nitrogens with zero attached hydrogens (tertiary/aromatic N) is 4. The summed E-state index contributed by atoms with van der Waals surface area (Å²) >= 11 is 0. The van der Waals surface area contributed by atoms with Crippen molar-refractivity contribution >= 4 is 18.2 Å². The Kier molecular flexibility index (Phi) is 5.44. The molecule has 2 heterocycles. The fourth-order valence-electron chi connectivity index (χ4n) is 2.27. The first kappa shape index (κ1) is 18.8. The molecule has 3 aromatic rings. The fraction of sp³-hybridized carbons (Fsp3) is 0.118. The van der Waals surface area contributed by atoms with Gasteiger partial charge in [-0.25, -0.2) is 19.3 Å². The molecule has 0 aliphatic heterocycles. The summed E-state index contributed by atoms with van der Waals surface area (Å²) in [5, 5.41) is 19.0. The van der Waals surface area contributed by atoms with Crippen molar-refractivity contribution in [1.82, 2.24) is 15.2 Å². The second-order valence-electron chi connectivity index (χ2n) is 5.34. The number of hydrogen-bond acceptors (Lipinski definition) is 7. The number of nitro groups is 1. The zero-order valence-corrected chi connectivity index (χ0v) is 14.5. The highest BCUT2D eigenvalue weighted by Crippen LogP contribution is 2.27. The Balaban J connectivity index is 1.97. The zero-order valence-electron chi connectivity index (χ0n) is 14.5. The van der Waals surface area contributed by atoms with Gasteiger partial charge in [0.1, 0.15) is 16.4 Å². The van der Waals surface area contributed by atoms with E-state index in [1.807, 2.05) is 0 Å². The molecule has 2 aromatic heterocycles. The van der Waals surface area contributed by atoms with E-state index in [1.165, 1.54) is 47.3 Å². The van der Waals surface area contributed by atoms with Crippen LogP contribution in [0.25, 0.3) is 17.1 Å². The van der Waals surface area contributed by atoms with E-state index in [1.54, 1.807) is 13.1 Å². The van der Waals surface area contributed by atoms with Crippen molar-refractivity contribution in [2.24, 2.45) is 5.10 Å². The monoisotopic (exact) mass is 387 g/mol. The summed E-state index contributed by atoms with van der Waals surface area (Å²) in [5.41, 5.74) is 3.35. The summed E-state index contributed by atoms with van der Waals surface area (Å²) in [6.07, 6.45) is 2.10. The number of hydrogen-bond donors (Lipinski definition) is 1. The maximum Gasteiger partial charge on any atom is 0.433 e. The van der Waals surface area contributed by atoms with E-state index in [0.717, 1.165) is 0 Å². The first-order chi connectivity index (χ1) is 13.5. The second kappa shape index (κ2) is 8.12. The van der Waals surface area contributed by atoms with Crippen LogP contribution >= 0.6 is 0 Å². The number of ether oxygens (including phenoxy) is 1. The summed E-state index contributed by atoms with van der Waals surface area (Å²) in [6.45, 7) is 1.84. The summed E-state index contributed by atoms with van der Waals surface area (Å²) < 4.78 is 24.5. The van der Waals surface area contributed by atoms with Gasteiger partial charge in [0, 0.05) is 11.8 Å². The van der Waals surface area contributed by atoms with E-state index in [2.05, 4.69) is 15.6 Å². The Hall–Kier alpha value is -4.02. The number of rotatable bonds is 6. The SMILES string of the molecule is CCOC(=O)NN=Cc1cn(-c2ccc(F)cc2)nc1-c1ccc([N+](=O)[O-])o1. The number of nitrogens with one attached hydrogen (secondary N) is 1. The number of benzene rings is 1. The summed E-state index contributed by atoms with van der Waals surface area (Å²) in [4.78, 5) is 21.5. The van der Waals surface area contributed by atoms with Crippen LogP contribution < -0.4 is 5.43 Å². The Morgan fingerprint density at radius 2 is 2.14 bits per heavy atom. The minimum absolute atomic E-state index is 0.130. The third-order valence-electron chi connectivity index (χ3n) is 3.47. The number of furan rings is 1. The molecule has 3 rings (SSSR count). The number of carbonyl (C=O) groups excluding carboxylic acids is 1. The Morgan fingerprint density at radius 3 is 2.79 bits per heavy atom. The lowest BCUT2D eigenvalue weighted by molar-refractivity contribution is -0.401. The minimum Gasteiger partial charge on any atom is -0.449 e. The first-order valence-electron chi connectivity index (χ1n) is 8.04. The molecule has 1 amide bonds. The van der Waals surface area contributed by atoms with E-state index in [4.69, 9.17) is 9.15 Å². The maximum atomic E-state index is 13.2. The molecule has 0 fully saturated rings. The Labute approximate surface area is 157 Å². The molecular formula is C17H14FN5O5. The number of carbonyl (C=O) groups is 1. The topological polar surface area (TPSA) is 125 Å². The van der Waals surface area contributed by atoms with Crippen molar-refractivity contribution in [2.75, 3.05) is 6.61 Å². The van der Waals surface area contributed by atoms with Crippen molar-refractivity contribution in [3.63, 3.8) is 0 Å². The van der Waals surface area contributed by atoms with Gasteiger partial charge in [0.2, 0.25) is 0 Å². The van der Waals surface area contributed by atoms with Gasteiger partial charge in [-0.15, -0.1) is 0 Å². The fourth-order valence-corrected chi connectivity index (χ4v) is 2.27. The molecule has 0 aliphatic rings. The van der Waals surface area contributed by atoms with Gasteiger partial charge in [0.05, 0.1) is 24.6 Å². The van der Waals surface area contributed by atoms with Gasteiger partial charge in [-0.1, -0.05) is 0 Å². The van der Waals surface area contributed by atoms with Crippen molar-refractivity contribution < 1.29 is 23.3 Å². The molecule has 0 saturated heterocycles. The van der Waals surface area contributed by atoms with Crippen molar-refractivity contribution in [2.45, 2.75) is 6.92 Å². The molecule has 11 heteroatoms. The third-order valence-corrected chi connectivity index (χ3v) is 3.47. The van der Waals surface area contributed by atoms with E-state index >= 15 is 0 Å². The normalized spacial score (nSPS) is 10.9. The highest BCUT2D eigenvalue weighted by Gasteiger charge is 2.19. The van der Waals surface area contributed by atoms with Gasteiger partial charge in [0.15, 0.2) is 5.76 Å². The van der Waals surface area contributed by atoms with Crippen LogP contribution in [0, 0.1) is 15.9 Å². The van der Waals surface area contributed by atoms with Crippen LogP contribution in [0.4, 0.5) is 15.1 Å². The molecule has 0 radical (unpaired) electrons. The quantitative estimate of drug-likeness (QED) is 0.393. The molecule has 0 unspecified atom stereocenters. The maximum absolute atomic E-state index is 13.2. The van der Waals surface area contributed by atoms with E-state index in [-0.39, 0.29) is 18.1 Å². The number of halogens is 1. The number of aromatic nitrogens is 2. The van der Waals surface area contributed by atoms with Crippen LogP contribution in [-0.4, -0.2) is 33.6 Å². The number of amides is 1. The lowest BCUT2D eigenvalue weighted by Gasteiger charge is -1.99. The molecule has 144 valence electrons. The zero-order chi connectivity index (χ0) is 20.1. The molecule has 28 heavy (non-hydrogen) atoms. The van der Waals surface area contributed by atoms with E-state index in [0.29, 0.717) is 11.3 Å². The van der Waals surface area contributed by atoms with Crippen LogP contribution in [-0.2, 0) is 4.74 Å². The van der Waals surface area contributed by atoms with Gasteiger partial charge in [0.25, 0.3) is 0 Å². The van der Waals surface area contributed by atoms with E-state index < -0.39 is 22.7 Å². The summed E-state index contributed by atoms with van der Waals surface area (Å²) in [6, 6.07) is 8.15. The van der Waals surface area contributed by atoms with Crippen molar-refractivity contribution in [1.29, 1.82) is 0 Å². The van der Waals surface area contributed by atoms with Gasteiger partial charge in [-0.2, -0.15) is 10.2 Å². The average Bonchev–Trinajstić information content (AvgIpc) is 3.30. The lowest BCUT2D eigenvalue weighted by Crippen LogP contribution is -2.18. The van der Waals surface area contributed by atoms with Crippen LogP contribution in [0.3, 0.4) is 0 Å². The summed E-state index contributed by atoms with van der Waals surface area (Å²) in [7, 11) is 0. The molecule has 1 aromatic carbocycles. The van der Waals surface area contributed by atoms with Crippen molar-refractivity contribution in [3.05, 3.63) is 64.1 Å². The smallest absolute Gasteiger partial charge is 0.433 e. The minimum atomic E-state index is -0.736. The lowest BCUT2D eigenvalue weighted by atomic mass is 10.2. The van der Waals surface area contributed by atoms with Gasteiger partial charge >= 0.3 is 12.0 Å².